The Hall–Kier alpha value is -2.06. The van der Waals surface area contributed by atoms with Crippen molar-refractivity contribution >= 4 is 17.2 Å². The fraction of sp³-hybridized carbons (Fsp3) is 0.389. The first kappa shape index (κ1) is 18.7. The molecule has 140 valence electrons. The van der Waals surface area contributed by atoms with Gasteiger partial charge in [-0.2, -0.15) is 0 Å². The maximum atomic E-state index is 12.4. The maximum Gasteiger partial charge on any atom is 0.573 e. The summed E-state index contributed by atoms with van der Waals surface area (Å²) in [5.41, 5.74) is 0.751. The molecule has 1 aliphatic heterocycles. The normalized spacial score (nSPS) is 18.0. The van der Waals surface area contributed by atoms with E-state index in [9.17, 15) is 18.0 Å². The third kappa shape index (κ3) is 5.22. The van der Waals surface area contributed by atoms with Crippen molar-refractivity contribution in [2.45, 2.75) is 31.9 Å². The molecule has 1 aromatic heterocycles. The first-order chi connectivity index (χ1) is 12.4. The monoisotopic (exact) mass is 385 g/mol. The molecule has 0 radical (unpaired) electrons. The average molecular weight is 385 g/mol. The van der Waals surface area contributed by atoms with Gasteiger partial charge in [-0.3, -0.25) is 4.79 Å². The molecule has 2 aromatic rings. The molecule has 4 nitrogen and oxygen atoms in total. The second kappa shape index (κ2) is 8.09. The van der Waals surface area contributed by atoms with Crippen molar-refractivity contribution < 1.29 is 27.4 Å². The predicted molar refractivity (Wildman–Crippen MR) is 91.2 cm³/mol. The van der Waals surface area contributed by atoms with Crippen LogP contribution in [0.25, 0.3) is 0 Å². The Labute approximate surface area is 153 Å². The van der Waals surface area contributed by atoms with Gasteiger partial charge in [0.2, 0.25) is 0 Å². The Balaban J connectivity index is 1.50. The standard InChI is InChI=1S/C18H18F3NO3S/c19-18(20,21)25-14-7-5-13(6-8-14)12-24-15-3-1-9-22(11-15)17(23)16-4-2-10-26-16/h2,4-8,10,15H,1,3,9,11-12H2. The first-order valence-corrected chi connectivity index (χ1v) is 9.08. The number of amides is 1. The highest BCUT2D eigenvalue weighted by molar-refractivity contribution is 7.12. The number of hydrogen-bond acceptors (Lipinski definition) is 4. The van der Waals surface area contributed by atoms with E-state index in [0.717, 1.165) is 18.4 Å². The molecule has 1 aromatic carbocycles. The number of carbonyl (C=O) groups is 1. The van der Waals surface area contributed by atoms with Gasteiger partial charge in [-0.15, -0.1) is 24.5 Å². The van der Waals surface area contributed by atoms with Crippen LogP contribution in [-0.2, 0) is 11.3 Å². The number of halogens is 3. The molecule has 0 spiro atoms. The molecule has 1 amide bonds. The molecular formula is C18H18F3NO3S. The minimum absolute atomic E-state index is 0.0157. The number of piperidine rings is 1. The van der Waals surface area contributed by atoms with Crippen LogP contribution in [-0.4, -0.2) is 36.4 Å². The molecule has 26 heavy (non-hydrogen) atoms. The van der Waals surface area contributed by atoms with E-state index in [2.05, 4.69) is 4.74 Å². The van der Waals surface area contributed by atoms with Crippen molar-refractivity contribution in [1.82, 2.24) is 4.90 Å². The molecule has 1 atom stereocenters. The lowest BCUT2D eigenvalue weighted by Crippen LogP contribution is -2.42. The van der Waals surface area contributed by atoms with Gasteiger partial charge in [0.05, 0.1) is 17.6 Å². The van der Waals surface area contributed by atoms with E-state index in [1.54, 1.807) is 17.0 Å². The number of nitrogens with zero attached hydrogens (tertiary/aromatic N) is 1. The van der Waals surface area contributed by atoms with Crippen LogP contribution >= 0.6 is 11.3 Å². The number of hydrogen-bond donors (Lipinski definition) is 0. The molecule has 0 bridgehead atoms. The third-order valence-corrected chi connectivity index (χ3v) is 4.90. The second-order valence-corrected chi connectivity index (χ2v) is 6.94. The van der Waals surface area contributed by atoms with Crippen molar-refractivity contribution in [3.05, 3.63) is 52.2 Å². The fourth-order valence-electron chi connectivity index (χ4n) is 2.82. The Morgan fingerprint density at radius 2 is 2.00 bits per heavy atom. The third-order valence-electron chi connectivity index (χ3n) is 4.04. The van der Waals surface area contributed by atoms with E-state index in [4.69, 9.17) is 4.74 Å². The van der Waals surface area contributed by atoms with Gasteiger partial charge < -0.3 is 14.4 Å². The van der Waals surface area contributed by atoms with E-state index >= 15 is 0 Å². The predicted octanol–water partition coefficient (Wildman–Crippen LogP) is 4.47. The summed E-state index contributed by atoms with van der Waals surface area (Å²) in [6, 6.07) is 9.26. The Morgan fingerprint density at radius 3 is 2.65 bits per heavy atom. The van der Waals surface area contributed by atoms with Gasteiger partial charge in [-0.1, -0.05) is 18.2 Å². The zero-order valence-corrected chi connectivity index (χ0v) is 14.7. The van der Waals surface area contributed by atoms with Gasteiger partial charge in [0.15, 0.2) is 0 Å². The maximum absolute atomic E-state index is 12.4. The van der Waals surface area contributed by atoms with E-state index < -0.39 is 6.36 Å². The van der Waals surface area contributed by atoms with Crippen LogP contribution in [0.2, 0.25) is 0 Å². The smallest absolute Gasteiger partial charge is 0.406 e. The SMILES string of the molecule is O=C(c1cccs1)N1CCCC(OCc2ccc(OC(F)(F)F)cc2)C1. The van der Waals surface area contributed by atoms with Crippen molar-refractivity contribution in [2.24, 2.45) is 0 Å². The highest BCUT2D eigenvalue weighted by Crippen LogP contribution is 2.24. The van der Waals surface area contributed by atoms with Gasteiger partial charge in [-0.05, 0) is 42.0 Å². The molecule has 3 rings (SSSR count). The van der Waals surface area contributed by atoms with Crippen molar-refractivity contribution in [3.63, 3.8) is 0 Å². The number of alkyl halides is 3. The number of carbonyl (C=O) groups excluding carboxylic acids is 1. The molecule has 1 aliphatic rings. The average Bonchev–Trinajstić information content (AvgIpc) is 3.14. The second-order valence-electron chi connectivity index (χ2n) is 6.00. The minimum Gasteiger partial charge on any atom is -0.406 e. The topological polar surface area (TPSA) is 38.8 Å². The van der Waals surface area contributed by atoms with Crippen molar-refractivity contribution in [1.29, 1.82) is 0 Å². The van der Waals surface area contributed by atoms with Gasteiger partial charge >= 0.3 is 6.36 Å². The summed E-state index contributed by atoms with van der Waals surface area (Å²) in [5.74, 6) is -0.242. The molecule has 1 saturated heterocycles. The van der Waals surface area contributed by atoms with Crippen molar-refractivity contribution in [2.75, 3.05) is 13.1 Å². The number of ether oxygens (including phenoxy) is 2. The molecule has 0 saturated carbocycles. The molecular weight excluding hydrogens is 367 g/mol. The summed E-state index contributed by atoms with van der Waals surface area (Å²) in [6.07, 6.45) is -3.07. The zero-order valence-electron chi connectivity index (χ0n) is 13.9. The lowest BCUT2D eigenvalue weighted by atomic mass is 10.1. The molecule has 1 fully saturated rings. The Kier molecular flexibility index (Phi) is 5.83. The number of likely N-dealkylation sites (tertiary alicyclic amines) is 1. The summed E-state index contributed by atoms with van der Waals surface area (Å²) in [6.45, 7) is 1.50. The van der Waals surface area contributed by atoms with Crippen LogP contribution < -0.4 is 4.74 Å². The fourth-order valence-corrected chi connectivity index (χ4v) is 3.51. The highest BCUT2D eigenvalue weighted by atomic mass is 32.1. The van der Waals surface area contributed by atoms with Gasteiger partial charge in [0, 0.05) is 13.1 Å². The minimum atomic E-state index is -4.70. The van der Waals surface area contributed by atoms with Crippen LogP contribution in [0.1, 0.15) is 28.1 Å². The molecule has 0 N–H and O–H groups in total. The lowest BCUT2D eigenvalue weighted by Gasteiger charge is -2.32. The summed E-state index contributed by atoms with van der Waals surface area (Å²) in [5, 5.41) is 1.87. The van der Waals surface area contributed by atoms with Crippen LogP contribution in [0.3, 0.4) is 0 Å². The van der Waals surface area contributed by atoms with Crippen molar-refractivity contribution in [3.8, 4) is 5.75 Å². The van der Waals surface area contributed by atoms with E-state index in [1.165, 1.54) is 23.5 Å². The lowest BCUT2D eigenvalue weighted by molar-refractivity contribution is -0.274. The van der Waals surface area contributed by atoms with Crippen LogP contribution in [0.5, 0.6) is 5.75 Å². The Morgan fingerprint density at radius 1 is 1.23 bits per heavy atom. The molecule has 1 unspecified atom stereocenters. The largest absolute Gasteiger partial charge is 0.573 e. The van der Waals surface area contributed by atoms with Crippen LogP contribution in [0.15, 0.2) is 41.8 Å². The summed E-state index contributed by atoms with van der Waals surface area (Å²) >= 11 is 1.42. The van der Waals surface area contributed by atoms with E-state index in [1.807, 2.05) is 17.5 Å². The molecule has 0 aliphatic carbocycles. The number of thiophene rings is 1. The summed E-state index contributed by atoms with van der Waals surface area (Å²) in [7, 11) is 0. The van der Waals surface area contributed by atoms with Crippen LogP contribution in [0.4, 0.5) is 13.2 Å². The first-order valence-electron chi connectivity index (χ1n) is 8.20. The van der Waals surface area contributed by atoms with E-state index in [0.29, 0.717) is 18.0 Å². The Bertz CT molecular complexity index is 716. The van der Waals surface area contributed by atoms with Gasteiger partial charge in [-0.25, -0.2) is 0 Å². The quantitative estimate of drug-likeness (QED) is 0.762. The highest BCUT2D eigenvalue weighted by Gasteiger charge is 2.31. The number of benzene rings is 1. The van der Waals surface area contributed by atoms with Crippen LogP contribution in [0, 0.1) is 0 Å². The number of rotatable bonds is 5. The zero-order chi connectivity index (χ0) is 18.6. The van der Waals surface area contributed by atoms with Gasteiger partial charge in [0.25, 0.3) is 5.91 Å². The van der Waals surface area contributed by atoms with Gasteiger partial charge in [0.1, 0.15) is 5.75 Å². The van der Waals surface area contributed by atoms with E-state index in [-0.39, 0.29) is 24.4 Å². The summed E-state index contributed by atoms with van der Waals surface area (Å²) in [4.78, 5) is 14.9. The molecule has 8 heteroatoms. The molecule has 2 heterocycles. The summed E-state index contributed by atoms with van der Waals surface area (Å²) < 4.78 is 46.2.